The Morgan fingerprint density at radius 2 is 2.21 bits per heavy atom. The van der Waals surface area contributed by atoms with Crippen LogP contribution in [0, 0.1) is 5.92 Å². The van der Waals surface area contributed by atoms with Crippen LogP contribution in [0.3, 0.4) is 0 Å². The zero-order valence-corrected chi connectivity index (χ0v) is 14.5. The van der Waals surface area contributed by atoms with Crippen LogP contribution in [0.1, 0.15) is 37.5 Å². The van der Waals surface area contributed by atoms with Gasteiger partial charge in [0, 0.05) is 25.6 Å². The first-order chi connectivity index (χ1) is 11.6. The molecular formula is C18H24N4O2. The average Bonchev–Trinajstić information content (AvgIpc) is 3.18. The highest BCUT2D eigenvalue weighted by Gasteiger charge is 2.34. The number of carbonyl (C=O) groups is 1. The molecule has 0 saturated heterocycles. The first-order valence-electron chi connectivity index (χ1n) is 8.46. The van der Waals surface area contributed by atoms with Crippen molar-refractivity contribution in [1.29, 1.82) is 0 Å². The number of aromatic nitrogens is 2. The average molecular weight is 328 g/mol. The van der Waals surface area contributed by atoms with E-state index in [0.717, 1.165) is 24.4 Å². The largest absolute Gasteiger partial charge is 0.357 e. The third-order valence-corrected chi connectivity index (χ3v) is 4.40. The Kier molecular flexibility index (Phi) is 4.83. The monoisotopic (exact) mass is 328 g/mol. The normalized spacial score (nSPS) is 16.5. The SMILES string of the molecule is CNC(=O)C1Cc2ccccc2N1Cc1nc(CCC(C)C)no1. The molecule has 0 saturated carbocycles. The molecule has 0 radical (unpaired) electrons. The number of hydrogen-bond donors (Lipinski definition) is 1. The van der Waals surface area contributed by atoms with Crippen LogP contribution in [0.25, 0.3) is 0 Å². The minimum absolute atomic E-state index is 0.00532. The lowest BCUT2D eigenvalue weighted by molar-refractivity contribution is -0.121. The molecule has 1 amide bonds. The van der Waals surface area contributed by atoms with Crippen LogP contribution in [0.4, 0.5) is 5.69 Å². The molecule has 1 atom stereocenters. The zero-order valence-electron chi connectivity index (χ0n) is 14.5. The highest BCUT2D eigenvalue weighted by atomic mass is 16.5. The summed E-state index contributed by atoms with van der Waals surface area (Å²) in [5.74, 6) is 1.91. The Morgan fingerprint density at radius 3 is 2.96 bits per heavy atom. The molecule has 1 aromatic carbocycles. The van der Waals surface area contributed by atoms with E-state index in [4.69, 9.17) is 4.52 Å². The molecule has 1 N–H and O–H groups in total. The number of rotatable bonds is 6. The molecule has 6 heteroatoms. The van der Waals surface area contributed by atoms with Crippen molar-refractivity contribution in [3.05, 3.63) is 41.5 Å². The van der Waals surface area contributed by atoms with Gasteiger partial charge >= 0.3 is 0 Å². The topological polar surface area (TPSA) is 71.3 Å². The van der Waals surface area contributed by atoms with Crippen LogP contribution in [-0.2, 0) is 24.2 Å². The quantitative estimate of drug-likeness (QED) is 0.881. The summed E-state index contributed by atoms with van der Waals surface area (Å²) >= 11 is 0. The molecule has 2 heterocycles. The predicted molar refractivity (Wildman–Crippen MR) is 91.6 cm³/mol. The Labute approximate surface area is 142 Å². The summed E-state index contributed by atoms with van der Waals surface area (Å²) < 4.78 is 5.40. The number of nitrogens with one attached hydrogen (secondary N) is 1. The molecule has 0 fully saturated rings. The summed E-state index contributed by atoms with van der Waals surface area (Å²) in [7, 11) is 1.67. The lowest BCUT2D eigenvalue weighted by Gasteiger charge is -2.24. The zero-order chi connectivity index (χ0) is 17.1. The molecule has 6 nitrogen and oxygen atoms in total. The van der Waals surface area contributed by atoms with Gasteiger partial charge in [-0.3, -0.25) is 4.79 Å². The maximum atomic E-state index is 12.2. The van der Waals surface area contributed by atoms with E-state index in [9.17, 15) is 4.79 Å². The second kappa shape index (κ2) is 7.03. The molecule has 1 aliphatic heterocycles. The van der Waals surface area contributed by atoms with Crippen LogP contribution >= 0.6 is 0 Å². The predicted octanol–water partition coefficient (Wildman–Crippen LogP) is 2.34. The van der Waals surface area contributed by atoms with Gasteiger partial charge in [-0.1, -0.05) is 37.2 Å². The third-order valence-electron chi connectivity index (χ3n) is 4.40. The van der Waals surface area contributed by atoms with Gasteiger partial charge in [0.1, 0.15) is 6.04 Å². The smallest absolute Gasteiger partial charge is 0.246 e. The number of carbonyl (C=O) groups excluding carboxylic acids is 1. The van der Waals surface area contributed by atoms with E-state index in [1.165, 1.54) is 5.56 Å². The molecule has 0 bridgehead atoms. The van der Waals surface area contributed by atoms with Gasteiger partial charge < -0.3 is 14.7 Å². The summed E-state index contributed by atoms with van der Waals surface area (Å²) in [6.07, 6.45) is 2.55. The van der Waals surface area contributed by atoms with Crippen LogP contribution in [-0.4, -0.2) is 29.1 Å². The Balaban J connectivity index is 1.77. The first-order valence-corrected chi connectivity index (χ1v) is 8.46. The maximum absolute atomic E-state index is 12.2. The minimum Gasteiger partial charge on any atom is -0.357 e. The van der Waals surface area contributed by atoms with Gasteiger partial charge in [0.05, 0.1) is 6.54 Å². The third kappa shape index (κ3) is 3.42. The molecule has 2 aromatic rings. The Hall–Kier alpha value is -2.37. The van der Waals surface area contributed by atoms with E-state index in [-0.39, 0.29) is 11.9 Å². The molecule has 1 unspecified atom stereocenters. The van der Waals surface area contributed by atoms with Crippen molar-refractivity contribution in [2.45, 2.75) is 45.7 Å². The lowest BCUT2D eigenvalue weighted by Crippen LogP contribution is -2.43. The fourth-order valence-corrected chi connectivity index (χ4v) is 3.07. The second-order valence-corrected chi connectivity index (χ2v) is 6.63. The molecule has 24 heavy (non-hydrogen) atoms. The van der Waals surface area contributed by atoms with Crippen LogP contribution in [0.15, 0.2) is 28.8 Å². The number of nitrogens with zero attached hydrogens (tertiary/aromatic N) is 3. The second-order valence-electron chi connectivity index (χ2n) is 6.63. The van der Waals surface area contributed by atoms with Crippen LogP contribution < -0.4 is 10.2 Å². The molecule has 1 aromatic heterocycles. The summed E-state index contributed by atoms with van der Waals surface area (Å²) in [5.41, 5.74) is 2.23. The fourth-order valence-electron chi connectivity index (χ4n) is 3.07. The lowest BCUT2D eigenvalue weighted by atomic mass is 10.1. The van der Waals surface area contributed by atoms with E-state index < -0.39 is 0 Å². The van der Waals surface area contributed by atoms with Crippen molar-refractivity contribution in [2.24, 2.45) is 5.92 Å². The molecule has 128 valence electrons. The fraction of sp³-hybridized carbons (Fsp3) is 0.500. The molecule has 0 spiro atoms. The molecule has 0 aliphatic carbocycles. The highest BCUT2D eigenvalue weighted by Crippen LogP contribution is 2.33. The number of benzene rings is 1. The van der Waals surface area contributed by atoms with Gasteiger partial charge in [-0.2, -0.15) is 4.98 Å². The van der Waals surface area contributed by atoms with E-state index in [1.54, 1.807) is 7.05 Å². The van der Waals surface area contributed by atoms with Crippen molar-refractivity contribution in [3.8, 4) is 0 Å². The van der Waals surface area contributed by atoms with Crippen molar-refractivity contribution in [3.63, 3.8) is 0 Å². The van der Waals surface area contributed by atoms with Crippen molar-refractivity contribution >= 4 is 11.6 Å². The number of anilines is 1. The van der Waals surface area contributed by atoms with Gasteiger partial charge in [-0.05, 0) is 24.0 Å². The van der Waals surface area contributed by atoms with E-state index in [0.29, 0.717) is 24.8 Å². The summed E-state index contributed by atoms with van der Waals surface area (Å²) in [4.78, 5) is 18.8. The number of para-hydroxylation sites is 1. The first kappa shape index (κ1) is 16.5. The molecular weight excluding hydrogens is 304 g/mol. The van der Waals surface area contributed by atoms with E-state index in [1.807, 2.05) is 23.1 Å². The Bertz CT molecular complexity index is 711. The molecule has 3 rings (SSSR count). The number of likely N-dealkylation sites (N-methyl/N-ethyl adjacent to an activating group) is 1. The Morgan fingerprint density at radius 1 is 1.42 bits per heavy atom. The van der Waals surface area contributed by atoms with Crippen molar-refractivity contribution < 1.29 is 9.32 Å². The van der Waals surface area contributed by atoms with Gasteiger partial charge in [0.2, 0.25) is 11.8 Å². The maximum Gasteiger partial charge on any atom is 0.246 e. The molecule has 1 aliphatic rings. The highest BCUT2D eigenvalue weighted by molar-refractivity contribution is 5.88. The number of hydrogen-bond acceptors (Lipinski definition) is 5. The van der Waals surface area contributed by atoms with Gasteiger partial charge in [-0.25, -0.2) is 0 Å². The summed E-state index contributed by atoms with van der Waals surface area (Å²) in [6, 6.07) is 7.85. The number of fused-ring (bicyclic) bond motifs is 1. The summed E-state index contributed by atoms with van der Waals surface area (Å²) in [5, 5.41) is 6.81. The van der Waals surface area contributed by atoms with Gasteiger partial charge in [-0.15, -0.1) is 0 Å². The minimum atomic E-state index is -0.238. The van der Waals surface area contributed by atoms with E-state index >= 15 is 0 Å². The summed E-state index contributed by atoms with van der Waals surface area (Å²) in [6.45, 7) is 4.80. The van der Waals surface area contributed by atoms with Gasteiger partial charge in [0.25, 0.3) is 0 Å². The number of amides is 1. The van der Waals surface area contributed by atoms with Gasteiger partial charge in [0.15, 0.2) is 5.82 Å². The van der Waals surface area contributed by atoms with Crippen LogP contribution in [0.2, 0.25) is 0 Å². The van der Waals surface area contributed by atoms with E-state index in [2.05, 4.69) is 35.4 Å². The van der Waals surface area contributed by atoms with Crippen LogP contribution in [0.5, 0.6) is 0 Å². The van der Waals surface area contributed by atoms with Crippen molar-refractivity contribution in [2.75, 3.05) is 11.9 Å². The van der Waals surface area contributed by atoms with Crippen molar-refractivity contribution in [1.82, 2.24) is 15.5 Å². The standard InChI is InChI=1S/C18H24N4O2/c1-12(2)8-9-16-20-17(24-21-16)11-22-14-7-5-4-6-13(14)10-15(22)18(23)19-3/h4-7,12,15H,8-11H2,1-3H3,(H,19,23). The number of aryl methyl sites for hydroxylation is 1.